The van der Waals surface area contributed by atoms with Gasteiger partial charge in [-0.2, -0.15) is 5.26 Å². The summed E-state index contributed by atoms with van der Waals surface area (Å²) in [6.07, 6.45) is 7.59. The first kappa shape index (κ1) is 43.1. The third kappa shape index (κ3) is 23.1. The van der Waals surface area contributed by atoms with Gasteiger partial charge in [0, 0.05) is 24.3 Å². The average molecular weight is 670 g/mol. The van der Waals surface area contributed by atoms with Crippen LogP contribution in [0.5, 0.6) is 0 Å². The van der Waals surface area contributed by atoms with Gasteiger partial charge in [0.05, 0.1) is 62.5 Å². The van der Waals surface area contributed by atoms with Gasteiger partial charge in [-0.3, -0.25) is 9.97 Å². The van der Waals surface area contributed by atoms with Crippen molar-refractivity contribution in [3.05, 3.63) is 130 Å². The first-order valence-corrected chi connectivity index (χ1v) is 17.2. The summed E-state index contributed by atoms with van der Waals surface area (Å²) in [5, 5.41) is 8.57. The highest BCUT2D eigenvalue weighted by Gasteiger charge is 1.99. The maximum absolute atomic E-state index is 8.57. The Morgan fingerprint density at radius 2 is 1.00 bits per heavy atom. The molecule has 2 aromatic heterocycles. The minimum absolute atomic E-state index is 0.246. The average Bonchev–Trinajstić information content (AvgIpc) is 3.10. The molecule has 2 aromatic carbocycles. The summed E-state index contributed by atoms with van der Waals surface area (Å²) in [7, 11) is 0. The fraction of sp³-hybridized carbons (Fsp3) is 0.452. The molecule has 0 atom stereocenters. The number of ether oxygens (including phenoxy) is 4. The van der Waals surface area contributed by atoms with E-state index in [1.54, 1.807) is 18.3 Å². The number of benzene rings is 2. The van der Waals surface area contributed by atoms with Crippen molar-refractivity contribution >= 4 is 0 Å². The SMILES string of the molecule is CC(C)OCc1ccc(C#N)cc1.CC(C)OCc1cccnc1.CCc1ccc(COC(C)C)cn1.Cc1ccc(COC(C)C)cc1. The van der Waals surface area contributed by atoms with Crippen molar-refractivity contribution in [1.82, 2.24) is 9.97 Å². The van der Waals surface area contributed by atoms with E-state index < -0.39 is 0 Å². The lowest BCUT2D eigenvalue weighted by atomic mass is 10.2. The Bertz CT molecular complexity index is 1400. The highest BCUT2D eigenvalue weighted by molar-refractivity contribution is 5.31. The lowest BCUT2D eigenvalue weighted by molar-refractivity contribution is 0.0654. The van der Waals surface area contributed by atoms with Crippen molar-refractivity contribution in [2.24, 2.45) is 0 Å². The molecule has 4 aromatic rings. The molecule has 49 heavy (non-hydrogen) atoms. The molecule has 0 aliphatic heterocycles. The molecule has 0 aliphatic rings. The zero-order valence-electron chi connectivity index (χ0n) is 31.5. The molecule has 0 aliphatic carbocycles. The summed E-state index contributed by atoms with van der Waals surface area (Å²) < 4.78 is 21.7. The predicted octanol–water partition coefficient (Wildman–Crippen LogP) is 9.98. The number of pyridine rings is 2. The second kappa shape index (κ2) is 26.0. The van der Waals surface area contributed by atoms with E-state index in [9.17, 15) is 0 Å². The molecule has 0 N–H and O–H groups in total. The minimum Gasteiger partial charge on any atom is -0.374 e. The zero-order valence-corrected chi connectivity index (χ0v) is 31.5. The van der Waals surface area contributed by atoms with Crippen LogP contribution in [0.15, 0.2) is 91.4 Å². The van der Waals surface area contributed by atoms with Crippen LogP contribution in [-0.4, -0.2) is 34.4 Å². The van der Waals surface area contributed by atoms with Crippen LogP contribution in [0.3, 0.4) is 0 Å². The van der Waals surface area contributed by atoms with Gasteiger partial charge in [0.2, 0.25) is 0 Å². The quantitative estimate of drug-likeness (QED) is 0.140. The minimum atomic E-state index is 0.246. The van der Waals surface area contributed by atoms with E-state index in [4.69, 9.17) is 24.2 Å². The summed E-state index contributed by atoms with van der Waals surface area (Å²) in [4.78, 5) is 8.28. The molecule has 0 amide bonds. The molecular formula is C42H59N3O4. The van der Waals surface area contributed by atoms with Crippen molar-refractivity contribution in [2.45, 2.75) is 127 Å². The van der Waals surface area contributed by atoms with Crippen molar-refractivity contribution in [2.75, 3.05) is 0 Å². The number of hydrogen-bond acceptors (Lipinski definition) is 7. The van der Waals surface area contributed by atoms with Crippen LogP contribution in [-0.2, 0) is 51.8 Å². The van der Waals surface area contributed by atoms with Gasteiger partial charge in [-0.05, 0) is 115 Å². The number of aromatic nitrogens is 2. The van der Waals surface area contributed by atoms with Crippen molar-refractivity contribution in [3.8, 4) is 6.07 Å². The monoisotopic (exact) mass is 669 g/mol. The number of hydrogen-bond donors (Lipinski definition) is 0. The van der Waals surface area contributed by atoms with Crippen molar-refractivity contribution in [1.29, 1.82) is 5.26 Å². The summed E-state index contributed by atoms with van der Waals surface area (Å²) >= 11 is 0. The van der Waals surface area contributed by atoms with Crippen LogP contribution in [0.1, 0.15) is 101 Å². The molecule has 0 fully saturated rings. The largest absolute Gasteiger partial charge is 0.374 e. The van der Waals surface area contributed by atoms with Gasteiger partial charge in [0.25, 0.3) is 0 Å². The summed E-state index contributed by atoms with van der Waals surface area (Å²) in [5.74, 6) is 0. The lowest BCUT2D eigenvalue weighted by Gasteiger charge is -2.07. The molecule has 266 valence electrons. The fourth-order valence-electron chi connectivity index (χ4n) is 3.64. The highest BCUT2D eigenvalue weighted by Crippen LogP contribution is 2.07. The van der Waals surface area contributed by atoms with E-state index in [1.807, 2.05) is 92.0 Å². The van der Waals surface area contributed by atoms with E-state index in [1.165, 1.54) is 11.1 Å². The molecule has 0 radical (unpaired) electrons. The molecule has 2 heterocycles. The van der Waals surface area contributed by atoms with Gasteiger partial charge in [0.15, 0.2) is 0 Å². The molecule has 4 rings (SSSR count). The molecule has 0 unspecified atom stereocenters. The smallest absolute Gasteiger partial charge is 0.0991 e. The Hall–Kier alpha value is -3.93. The Kier molecular flexibility index (Phi) is 22.9. The Labute approximate surface area is 296 Å². The first-order valence-electron chi connectivity index (χ1n) is 17.2. The zero-order chi connectivity index (χ0) is 36.4. The normalized spacial score (nSPS) is 10.5. The molecule has 7 nitrogen and oxygen atoms in total. The van der Waals surface area contributed by atoms with Crippen molar-refractivity contribution in [3.63, 3.8) is 0 Å². The maximum Gasteiger partial charge on any atom is 0.0991 e. The van der Waals surface area contributed by atoms with E-state index in [-0.39, 0.29) is 18.3 Å². The second-order valence-corrected chi connectivity index (χ2v) is 12.6. The van der Waals surface area contributed by atoms with E-state index in [0.29, 0.717) is 31.5 Å². The summed E-state index contributed by atoms with van der Waals surface area (Å²) in [6.45, 7) is 23.1. The highest BCUT2D eigenvalue weighted by atomic mass is 16.5. The number of nitrogens with zero attached hydrogens (tertiary/aromatic N) is 3. The van der Waals surface area contributed by atoms with E-state index in [2.05, 4.69) is 66.3 Å². The number of rotatable bonds is 13. The number of nitriles is 1. The van der Waals surface area contributed by atoms with Gasteiger partial charge in [-0.15, -0.1) is 0 Å². The standard InChI is InChI=1S/C11H13NO.C11H17NO.C11H16O.C9H13NO/c1-9(2)13-8-11-5-3-10(7-12)4-6-11;1-4-11-6-5-10(7-12-11)8-13-9(2)3;1-9(2)12-8-11-6-4-10(3)5-7-11;1-8(2)11-7-9-4-3-5-10-6-9/h3-6,9H,8H2,1-2H3;5-7,9H,4,8H2,1-3H3;4-7,9H,8H2,1-3H3;3-6,8H,7H2,1-2H3. The summed E-state index contributed by atoms with van der Waals surface area (Å²) in [6, 6.07) is 26.0. The molecule has 0 saturated heterocycles. The van der Waals surface area contributed by atoms with Gasteiger partial charge < -0.3 is 18.9 Å². The van der Waals surface area contributed by atoms with Crippen LogP contribution >= 0.6 is 0 Å². The summed E-state index contributed by atoms with van der Waals surface area (Å²) in [5.41, 5.74) is 7.74. The molecule has 0 bridgehead atoms. The third-order valence-electron chi connectivity index (χ3n) is 6.51. The molecule has 7 heteroatoms. The van der Waals surface area contributed by atoms with Crippen molar-refractivity contribution < 1.29 is 18.9 Å². The fourth-order valence-corrected chi connectivity index (χ4v) is 3.64. The predicted molar refractivity (Wildman–Crippen MR) is 200 cm³/mol. The Morgan fingerprint density at radius 1 is 0.571 bits per heavy atom. The van der Waals surface area contributed by atoms with Crippen LogP contribution in [0.2, 0.25) is 0 Å². The first-order chi connectivity index (χ1) is 23.4. The Balaban J connectivity index is 0.000000327. The van der Waals surface area contributed by atoms with Gasteiger partial charge in [-0.25, -0.2) is 0 Å². The Morgan fingerprint density at radius 3 is 1.37 bits per heavy atom. The van der Waals surface area contributed by atoms with Crippen LogP contribution < -0.4 is 0 Å². The molecule has 0 saturated carbocycles. The van der Waals surface area contributed by atoms with Crippen LogP contribution in [0.25, 0.3) is 0 Å². The molecular weight excluding hydrogens is 610 g/mol. The second-order valence-electron chi connectivity index (χ2n) is 12.6. The lowest BCUT2D eigenvalue weighted by Crippen LogP contribution is -2.02. The van der Waals surface area contributed by atoms with E-state index >= 15 is 0 Å². The number of aryl methyl sites for hydroxylation is 2. The van der Waals surface area contributed by atoms with Crippen LogP contribution in [0, 0.1) is 18.3 Å². The molecule has 0 spiro atoms. The van der Waals surface area contributed by atoms with Crippen LogP contribution in [0.4, 0.5) is 0 Å². The van der Waals surface area contributed by atoms with E-state index in [0.717, 1.165) is 35.4 Å². The topological polar surface area (TPSA) is 86.5 Å². The van der Waals surface area contributed by atoms with Gasteiger partial charge >= 0.3 is 0 Å². The third-order valence-corrected chi connectivity index (χ3v) is 6.51. The maximum atomic E-state index is 8.57. The van der Waals surface area contributed by atoms with Gasteiger partial charge in [0.1, 0.15) is 0 Å². The van der Waals surface area contributed by atoms with Gasteiger partial charge in [-0.1, -0.05) is 61.0 Å².